The maximum absolute atomic E-state index is 4.56. The van der Waals surface area contributed by atoms with Crippen LogP contribution >= 0.6 is 11.3 Å². The number of hydrogen-bond donors (Lipinski definition) is 2. The third kappa shape index (κ3) is 5.04. The summed E-state index contributed by atoms with van der Waals surface area (Å²) in [5.74, 6) is 1.31. The molecule has 0 saturated heterocycles. The quantitative estimate of drug-likeness (QED) is 0.463. The van der Waals surface area contributed by atoms with Gasteiger partial charge in [-0.25, -0.2) is 0 Å². The van der Waals surface area contributed by atoms with E-state index < -0.39 is 0 Å². The Kier molecular flexibility index (Phi) is 6.40. The highest BCUT2D eigenvalue weighted by molar-refractivity contribution is 7.07. The zero-order valence-corrected chi connectivity index (χ0v) is 11.4. The van der Waals surface area contributed by atoms with E-state index in [1.807, 2.05) is 6.08 Å². The highest BCUT2D eigenvalue weighted by Crippen LogP contribution is 2.18. The second-order valence-electron chi connectivity index (χ2n) is 3.85. The van der Waals surface area contributed by atoms with Crippen LogP contribution in [0, 0.1) is 0 Å². The summed E-state index contributed by atoms with van der Waals surface area (Å²) in [6, 6.07) is 2.16. The van der Waals surface area contributed by atoms with E-state index in [-0.39, 0.29) is 0 Å². The molecule has 94 valence electrons. The van der Waals surface area contributed by atoms with Crippen molar-refractivity contribution in [1.29, 1.82) is 0 Å². The van der Waals surface area contributed by atoms with Crippen LogP contribution in [0.2, 0.25) is 0 Å². The highest BCUT2D eigenvalue weighted by Gasteiger charge is 2.05. The summed E-state index contributed by atoms with van der Waals surface area (Å²) < 4.78 is 0. The second-order valence-corrected chi connectivity index (χ2v) is 4.63. The van der Waals surface area contributed by atoms with E-state index in [1.54, 1.807) is 11.3 Å². The van der Waals surface area contributed by atoms with Crippen molar-refractivity contribution in [1.82, 2.24) is 10.6 Å². The molecule has 0 aliphatic rings. The average Bonchev–Trinajstić information content (AvgIpc) is 2.86. The zero-order chi connectivity index (χ0) is 12.5. The Labute approximate surface area is 108 Å². The first-order chi connectivity index (χ1) is 8.27. The Hall–Kier alpha value is -1.29. The minimum atomic E-state index is 0.459. The van der Waals surface area contributed by atoms with Gasteiger partial charge < -0.3 is 10.6 Å². The minimum absolute atomic E-state index is 0.459. The molecule has 0 aliphatic heterocycles. The number of thiophene rings is 1. The van der Waals surface area contributed by atoms with Crippen LogP contribution in [0.1, 0.15) is 25.3 Å². The van der Waals surface area contributed by atoms with E-state index >= 15 is 0 Å². The predicted octanol–water partition coefficient (Wildman–Crippen LogP) is 2.59. The number of hydrogen-bond acceptors (Lipinski definition) is 2. The van der Waals surface area contributed by atoms with Gasteiger partial charge >= 0.3 is 0 Å². The Morgan fingerprint density at radius 2 is 2.41 bits per heavy atom. The van der Waals surface area contributed by atoms with Gasteiger partial charge in [0.25, 0.3) is 0 Å². The van der Waals surface area contributed by atoms with Gasteiger partial charge in [-0.15, -0.1) is 6.58 Å². The van der Waals surface area contributed by atoms with Crippen LogP contribution in [0.3, 0.4) is 0 Å². The van der Waals surface area contributed by atoms with E-state index in [0.29, 0.717) is 5.92 Å². The average molecular weight is 251 g/mol. The number of aliphatic imine (C=N–C) groups is 1. The van der Waals surface area contributed by atoms with Crippen LogP contribution in [-0.2, 0) is 0 Å². The summed E-state index contributed by atoms with van der Waals surface area (Å²) in [5.41, 5.74) is 1.36. The molecule has 0 bridgehead atoms. The predicted molar refractivity (Wildman–Crippen MR) is 76.9 cm³/mol. The molecule has 0 saturated carbocycles. The molecule has 1 rings (SSSR count). The van der Waals surface area contributed by atoms with Crippen LogP contribution in [0.15, 0.2) is 34.5 Å². The summed E-state index contributed by atoms with van der Waals surface area (Å²) in [7, 11) is 0. The van der Waals surface area contributed by atoms with Crippen LogP contribution < -0.4 is 10.6 Å². The number of guanidine groups is 1. The first-order valence-corrected chi connectivity index (χ1v) is 6.87. The van der Waals surface area contributed by atoms with Crippen molar-refractivity contribution >= 4 is 17.3 Å². The molecule has 0 fully saturated rings. The van der Waals surface area contributed by atoms with Gasteiger partial charge in [0.05, 0.1) is 0 Å². The molecule has 0 aromatic carbocycles. The van der Waals surface area contributed by atoms with Gasteiger partial charge in [-0.3, -0.25) is 4.99 Å². The molecule has 0 aliphatic carbocycles. The molecule has 0 amide bonds. The molecule has 1 aromatic heterocycles. The fourth-order valence-corrected chi connectivity index (χ4v) is 2.18. The fourth-order valence-electron chi connectivity index (χ4n) is 1.40. The summed E-state index contributed by atoms with van der Waals surface area (Å²) in [6.07, 6.45) is 1.83. The van der Waals surface area contributed by atoms with E-state index in [0.717, 1.165) is 25.6 Å². The molecular weight excluding hydrogens is 230 g/mol. The summed E-state index contributed by atoms with van der Waals surface area (Å²) in [5, 5.41) is 10.7. The number of rotatable bonds is 6. The molecule has 3 nitrogen and oxygen atoms in total. The smallest absolute Gasteiger partial charge is 0.191 e. The van der Waals surface area contributed by atoms with Gasteiger partial charge in [0.15, 0.2) is 5.96 Å². The van der Waals surface area contributed by atoms with E-state index in [9.17, 15) is 0 Å². The van der Waals surface area contributed by atoms with Gasteiger partial charge in [0.1, 0.15) is 0 Å². The molecule has 1 aromatic rings. The standard InChI is InChI=1S/C13H21N3S/c1-4-7-15-13(14-5-2)16-9-11(3)12-6-8-17-10-12/h4,6,8,10-11H,1,5,7,9H2,2-3H3,(H2,14,15,16). The normalized spacial score (nSPS) is 13.2. The zero-order valence-electron chi connectivity index (χ0n) is 10.6. The Balaban J connectivity index is 2.49. The summed E-state index contributed by atoms with van der Waals surface area (Å²) in [4.78, 5) is 4.56. The van der Waals surface area contributed by atoms with Crippen LogP contribution in [0.5, 0.6) is 0 Å². The van der Waals surface area contributed by atoms with E-state index in [2.05, 4.69) is 52.9 Å². The van der Waals surface area contributed by atoms with Gasteiger partial charge in [-0.2, -0.15) is 11.3 Å². The Morgan fingerprint density at radius 3 is 3.00 bits per heavy atom. The van der Waals surface area contributed by atoms with Gasteiger partial charge in [0, 0.05) is 25.6 Å². The monoisotopic (exact) mass is 251 g/mol. The molecule has 17 heavy (non-hydrogen) atoms. The molecule has 1 heterocycles. The Bertz CT molecular complexity index is 344. The lowest BCUT2D eigenvalue weighted by molar-refractivity contribution is 0.759. The van der Waals surface area contributed by atoms with Crippen molar-refractivity contribution in [2.75, 3.05) is 19.6 Å². The minimum Gasteiger partial charge on any atom is -0.357 e. The topological polar surface area (TPSA) is 36.4 Å². The van der Waals surface area contributed by atoms with Crippen molar-refractivity contribution in [2.45, 2.75) is 19.8 Å². The van der Waals surface area contributed by atoms with E-state index in [4.69, 9.17) is 0 Å². The van der Waals surface area contributed by atoms with Crippen molar-refractivity contribution in [3.05, 3.63) is 35.0 Å². The van der Waals surface area contributed by atoms with Crippen LogP contribution in [0.25, 0.3) is 0 Å². The molecule has 1 unspecified atom stereocenters. The van der Waals surface area contributed by atoms with Gasteiger partial charge in [0.2, 0.25) is 0 Å². The van der Waals surface area contributed by atoms with Gasteiger partial charge in [-0.05, 0) is 29.3 Å². The lowest BCUT2D eigenvalue weighted by Gasteiger charge is -2.11. The molecule has 0 radical (unpaired) electrons. The lowest BCUT2D eigenvalue weighted by atomic mass is 10.1. The molecular formula is C13H21N3S. The fraction of sp³-hybridized carbons (Fsp3) is 0.462. The third-order valence-corrected chi connectivity index (χ3v) is 3.10. The number of nitrogens with one attached hydrogen (secondary N) is 2. The maximum atomic E-state index is 4.56. The SMILES string of the molecule is C=CCNC(=NCC(C)c1ccsc1)NCC. The maximum Gasteiger partial charge on any atom is 0.191 e. The van der Waals surface area contributed by atoms with Crippen LogP contribution in [0.4, 0.5) is 0 Å². The van der Waals surface area contributed by atoms with Gasteiger partial charge in [-0.1, -0.05) is 13.0 Å². The van der Waals surface area contributed by atoms with Crippen molar-refractivity contribution in [3.8, 4) is 0 Å². The van der Waals surface area contributed by atoms with Crippen molar-refractivity contribution in [3.63, 3.8) is 0 Å². The lowest BCUT2D eigenvalue weighted by Crippen LogP contribution is -2.37. The highest BCUT2D eigenvalue weighted by atomic mass is 32.1. The molecule has 2 N–H and O–H groups in total. The third-order valence-electron chi connectivity index (χ3n) is 2.39. The second kappa shape index (κ2) is 7.90. The first-order valence-electron chi connectivity index (χ1n) is 5.93. The molecule has 0 spiro atoms. The summed E-state index contributed by atoms with van der Waals surface area (Å²) in [6.45, 7) is 10.3. The molecule has 1 atom stereocenters. The van der Waals surface area contributed by atoms with E-state index in [1.165, 1.54) is 5.56 Å². The Morgan fingerprint density at radius 1 is 1.59 bits per heavy atom. The van der Waals surface area contributed by atoms with Crippen molar-refractivity contribution in [2.24, 2.45) is 4.99 Å². The molecule has 4 heteroatoms. The largest absolute Gasteiger partial charge is 0.357 e. The number of nitrogens with zero attached hydrogens (tertiary/aromatic N) is 1. The van der Waals surface area contributed by atoms with Crippen molar-refractivity contribution < 1.29 is 0 Å². The summed E-state index contributed by atoms with van der Waals surface area (Å²) >= 11 is 1.73. The van der Waals surface area contributed by atoms with Crippen LogP contribution in [-0.4, -0.2) is 25.6 Å². The first kappa shape index (κ1) is 13.8.